The Bertz CT molecular complexity index is 418. The molecule has 2 rings (SSSR count). The van der Waals surface area contributed by atoms with E-state index in [-0.39, 0.29) is 18.0 Å². The van der Waals surface area contributed by atoms with E-state index in [0.29, 0.717) is 5.92 Å². The lowest BCUT2D eigenvalue weighted by molar-refractivity contribution is -0.124. The Labute approximate surface area is 116 Å². The first-order valence-electron chi connectivity index (χ1n) is 6.37. The highest BCUT2D eigenvalue weighted by Gasteiger charge is 2.29. The van der Waals surface area contributed by atoms with Gasteiger partial charge in [-0.05, 0) is 43.5 Å². The van der Waals surface area contributed by atoms with E-state index in [1.807, 2.05) is 31.2 Å². The minimum absolute atomic E-state index is 0.0390. The number of amides is 1. The molecule has 1 aromatic carbocycles. The first-order chi connectivity index (χ1) is 8.58. The number of carbonyl (C=O) groups is 1. The Morgan fingerprint density at radius 1 is 1.44 bits per heavy atom. The molecule has 1 amide bonds. The lowest BCUT2D eigenvalue weighted by atomic mass is 10.0. The molecule has 1 fully saturated rings. The zero-order valence-corrected chi connectivity index (χ0v) is 12.3. The zero-order chi connectivity index (χ0) is 13.1. The third-order valence-corrected chi connectivity index (χ3v) is 4.07. The lowest BCUT2D eigenvalue weighted by Crippen LogP contribution is -2.44. The Kier molecular flexibility index (Phi) is 4.40. The van der Waals surface area contributed by atoms with Crippen LogP contribution in [0.15, 0.2) is 28.7 Å². The van der Waals surface area contributed by atoms with Gasteiger partial charge in [-0.25, -0.2) is 0 Å². The van der Waals surface area contributed by atoms with Crippen molar-refractivity contribution in [3.63, 3.8) is 0 Å². The Balaban J connectivity index is 1.96. The molecule has 3 atom stereocenters. The summed E-state index contributed by atoms with van der Waals surface area (Å²) < 4.78 is 1.05. The van der Waals surface area contributed by atoms with Gasteiger partial charge in [-0.1, -0.05) is 35.0 Å². The average molecular weight is 311 g/mol. The Morgan fingerprint density at radius 3 is 2.67 bits per heavy atom. The number of hydrogen-bond donors (Lipinski definition) is 2. The van der Waals surface area contributed by atoms with Crippen LogP contribution >= 0.6 is 15.9 Å². The second kappa shape index (κ2) is 5.85. The monoisotopic (exact) mass is 310 g/mol. The minimum Gasteiger partial charge on any atom is -0.348 e. The number of hydrogen-bond acceptors (Lipinski definition) is 2. The maximum Gasteiger partial charge on any atom is 0.237 e. The van der Waals surface area contributed by atoms with Crippen molar-refractivity contribution in [2.75, 3.05) is 6.54 Å². The SMILES string of the molecule is CC(NC(=O)C1NCCC1C)c1ccc(Br)cc1. The molecular formula is C14H19BrN2O. The number of benzene rings is 1. The van der Waals surface area contributed by atoms with Crippen molar-refractivity contribution in [2.45, 2.75) is 32.4 Å². The first kappa shape index (κ1) is 13.6. The largest absolute Gasteiger partial charge is 0.348 e. The molecule has 1 heterocycles. The van der Waals surface area contributed by atoms with Gasteiger partial charge >= 0.3 is 0 Å². The molecule has 2 N–H and O–H groups in total. The summed E-state index contributed by atoms with van der Waals surface area (Å²) in [7, 11) is 0. The summed E-state index contributed by atoms with van der Waals surface area (Å²) in [5.74, 6) is 0.525. The molecule has 0 saturated carbocycles. The quantitative estimate of drug-likeness (QED) is 0.901. The van der Waals surface area contributed by atoms with Gasteiger partial charge in [0.2, 0.25) is 5.91 Å². The van der Waals surface area contributed by atoms with Crippen LogP contribution in [-0.2, 0) is 4.79 Å². The standard InChI is InChI=1S/C14H19BrN2O/c1-9-7-8-16-13(9)14(18)17-10(2)11-3-5-12(15)6-4-11/h3-6,9-10,13,16H,7-8H2,1-2H3,(H,17,18). The van der Waals surface area contributed by atoms with Crippen molar-refractivity contribution in [3.05, 3.63) is 34.3 Å². The van der Waals surface area contributed by atoms with Crippen molar-refractivity contribution in [3.8, 4) is 0 Å². The van der Waals surface area contributed by atoms with E-state index in [0.717, 1.165) is 23.0 Å². The van der Waals surface area contributed by atoms with Crippen molar-refractivity contribution < 1.29 is 4.79 Å². The summed E-state index contributed by atoms with van der Waals surface area (Å²) in [4.78, 5) is 12.1. The normalized spacial score (nSPS) is 24.8. The van der Waals surface area contributed by atoms with Crippen molar-refractivity contribution in [1.82, 2.24) is 10.6 Å². The van der Waals surface area contributed by atoms with Crippen molar-refractivity contribution >= 4 is 21.8 Å². The molecule has 3 unspecified atom stereocenters. The van der Waals surface area contributed by atoms with Crippen LogP contribution in [0.3, 0.4) is 0 Å². The van der Waals surface area contributed by atoms with Gasteiger partial charge in [-0.15, -0.1) is 0 Å². The van der Waals surface area contributed by atoms with Gasteiger partial charge in [0.05, 0.1) is 12.1 Å². The number of rotatable bonds is 3. The second-order valence-electron chi connectivity index (χ2n) is 4.98. The molecule has 0 bridgehead atoms. The molecule has 1 aliphatic heterocycles. The lowest BCUT2D eigenvalue weighted by Gasteiger charge is -2.20. The van der Waals surface area contributed by atoms with Gasteiger partial charge in [0.25, 0.3) is 0 Å². The van der Waals surface area contributed by atoms with Gasteiger partial charge in [-0.3, -0.25) is 4.79 Å². The fraction of sp³-hybridized carbons (Fsp3) is 0.500. The molecule has 0 spiro atoms. The van der Waals surface area contributed by atoms with Gasteiger partial charge in [0, 0.05) is 4.47 Å². The zero-order valence-electron chi connectivity index (χ0n) is 10.7. The van der Waals surface area contributed by atoms with Crippen LogP contribution in [0.5, 0.6) is 0 Å². The van der Waals surface area contributed by atoms with Crippen LogP contribution in [0.2, 0.25) is 0 Å². The molecule has 0 aromatic heterocycles. The van der Waals surface area contributed by atoms with E-state index >= 15 is 0 Å². The third-order valence-electron chi connectivity index (χ3n) is 3.54. The highest BCUT2D eigenvalue weighted by molar-refractivity contribution is 9.10. The van der Waals surface area contributed by atoms with Crippen LogP contribution < -0.4 is 10.6 Å². The summed E-state index contributed by atoms with van der Waals surface area (Å²) in [5, 5.41) is 6.32. The molecule has 1 aliphatic rings. The van der Waals surface area contributed by atoms with Gasteiger partial charge < -0.3 is 10.6 Å². The predicted octanol–water partition coefficient (Wildman–Crippen LogP) is 2.62. The van der Waals surface area contributed by atoms with Crippen LogP contribution in [0.1, 0.15) is 31.9 Å². The van der Waals surface area contributed by atoms with E-state index in [4.69, 9.17) is 0 Å². The molecule has 0 radical (unpaired) electrons. The molecule has 3 nitrogen and oxygen atoms in total. The molecule has 1 saturated heterocycles. The van der Waals surface area contributed by atoms with Gasteiger partial charge in [0.15, 0.2) is 0 Å². The second-order valence-corrected chi connectivity index (χ2v) is 5.90. The van der Waals surface area contributed by atoms with E-state index in [9.17, 15) is 4.79 Å². The van der Waals surface area contributed by atoms with E-state index < -0.39 is 0 Å². The maximum absolute atomic E-state index is 12.1. The Morgan fingerprint density at radius 2 is 2.11 bits per heavy atom. The summed E-state index contributed by atoms with van der Waals surface area (Å²) >= 11 is 3.41. The third kappa shape index (κ3) is 3.12. The summed E-state index contributed by atoms with van der Waals surface area (Å²) in [5.41, 5.74) is 1.12. The van der Waals surface area contributed by atoms with Crippen LogP contribution in [0, 0.1) is 5.92 Å². The van der Waals surface area contributed by atoms with Crippen LogP contribution in [0.4, 0.5) is 0 Å². The Hall–Kier alpha value is -0.870. The van der Waals surface area contributed by atoms with E-state index in [2.05, 4.69) is 33.5 Å². The van der Waals surface area contributed by atoms with Crippen LogP contribution in [0.25, 0.3) is 0 Å². The summed E-state index contributed by atoms with van der Waals surface area (Å²) in [6.45, 7) is 5.07. The molecule has 0 aliphatic carbocycles. The van der Waals surface area contributed by atoms with E-state index in [1.54, 1.807) is 0 Å². The highest BCUT2D eigenvalue weighted by atomic mass is 79.9. The van der Waals surface area contributed by atoms with Crippen molar-refractivity contribution in [1.29, 1.82) is 0 Å². The van der Waals surface area contributed by atoms with Crippen LogP contribution in [-0.4, -0.2) is 18.5 Å². The molecule has 4 heteroatoms. The number of halogens is 1. The van der Waals surface area contributed by atoms with Gasteiger partial charge in [0.1, 0.15) is 0 Å². The number of nitrogens with one attached hydrogen (secondary N) is 2. The van der Waals surface area contributed by atoms with Crippen molar-refractivity contribution in [2.24, 2.45) is 5.92 Å². The fourth-order valence-corrected chi connectivity index (χ4v) is 2.59. The minimum atomic E-state index is -0.0390. The first-order valence-corrected chi connectivity index (χ1v) is 7.16. The summed E-state index contributed by atoms with van der Waals surface area (Å²) in [6, 6.07) is 8.05. The predicted molar refractivity (Wildman–Crippen MR) is 76.3 cm³/mol. The van der Waals surface area contributed by atoms with Gasteiger partial charge in [-0.2, -0.15) is 0 Å². The average Bonchev–Trinajstić information content (AvgIpc) is 2.76. The molecular weight excluding hydrogens is 292 g/mol. The topological polar surface area (TPSA) is 41.1 Å². The molecule has 98 valence electrons. The van der Waals surface area contributed by atoms with E-state index in [1.165, 1.54) is 0 Å². The fourth-order valence-electron chi connectivity index (χ4n) is 2.32. The number of carbonyl (C=O) groups excluding carboxylic acids is 1. The maximum atomic E-state index is 12.1. The molecule has 18 heavy (non-hydrogen) atoms. The molecule has 1 aromatic rings. The highest BCUT2D eigenvalue weighted by Crippen LogP contribution is 2.19. The smallest absolute Gasteiger partial charge is 0.237 e. The summed E-state index contributed by atoms with van der Waals surface area (Å²) in [6.07, 6.45) is 1.07.